The number of carbonyl (C=O) groups is 2. The Morgan fingerprint density at radius 3 is 2.41 bits per heavy atom. The molecule has 6 nitrogen and oxygen atoms in total. The number of ether oxygens (including phenoxy) is 2. The van der Waals surface area contributed by atoms with E-state index in [1.54, 1.807) is 18.2 Å². The van der Waals surface area contributed by atoms with Gasteiger partial charge in [-0.25, -0.2) is 4.79 Å². The molecule has 0 aliphatic rings. The van der Waals surface area contributed by atoms with Gasteiger partial charge in [-0.05, 0) is 48.4 Å². The summed E-state index contributed by atoms with van der Waals surface area (Å²) in [5.41, 5.74) is 1.36. The van der Waals surface area contributed by atoms with E-state index in [0.717, 1.165) is 10.0 Å². The Balaban J connectivity index is 2.23. The van der Waals surface area contributed by atoms with Gasteiger partial charge in [0.15, 0.2) is 11.5 Å². The van der Waals surface area contributed by atoms with Crippen LogP contribution >= 0.6 is 15.9 Å². The zero-order valence-electron chi connectivity index (χ0n) is 15.0. The standard InChI is InChI=1S/C20H20BrNO5/c1-3-26-19-11-15(10-17(20(24)25)22-13(2)23)6-9-18(19)27-12-14-4-7-16(21)8-5-14/h4-11H,3,12H2,1-2H3,(H,22,23)(H,24,25). The Kier molecular flexibility index (Phi) is 7.43. The number of benzene rings is 2. The Hall–Kier alpha value is -2.80. The molecule has 0 saturated carbocycles. The van der Waals surface area contributed by atoms with Gasteiger partial charge in [0, 0.05) is 11.4 Å². The molecule has 2 N–H and O–H groups in total. The van der Waals surface area contributed by atoms with E-state index < -0.39 is 11.9 Å². The topological polar surface area (TPSA) is 84.9 Å². The van der Waals surface area contributed by atoms with Crippen molar-refractivity contribution >= 4 is 33.9 Å². The molecule has 1 amide bonds. The van der Waals surface area contributed by atoms with Crippen LogP contribution in [0.3, 0.4) is 0 Å². The van der Waals surface area contributed by atoms with Crippen molar-refractivity contribution in [3.8, 4) is 11.5 Å². The van der Waals surface area contributed by atoms with Crippen molar-refractivity contribution in [3.63, 3.8) is 0 Å². The maximum atomic E-state index is 11.3. The second-order valence-corrected chi connectivity index (χ2v) is 6.51. The van der Waals surface area contributed by atoms with Crippen molar-refractivity contribution in [2.75, 3.05) is 6.61 Å². The highest BCUT2D eigenvalue weighted by Crippen LogP contribution is 2.30. The van der Waals surface area contributed by atoms with Gasteiger partial charge in [-0.15, -0.1) is 0 Å². The molecule has 0 fully saturated rings. The van der Waals surface area contributed by atoms with E-state index in [1.807, 2.05) is 31.2 Å². The van der Waals surface area contributed by atoms with Gasteiger partial charge >= 0.3 is 5.97 Å². The van der Waals surface area contributed by atoms with Crippen LogP contribution < -0.4 is 14.8 Å². The molecule has 0 bridgehead atoms. The van der Waals surface area contributed by atoms with Crippen molar-refractivity contribution in [2.24, 2.45) is 0 Å². The highest BCUT2D eigenvalue weighted by Gasteiger charge is 2.11. The van der Waals surface area contributed by atoms with E-state index in [1.165, 1.54) is 13.0 Å². The summed E-state index contributed by atoms with van der Waals surface area (Å²) in [6.45, 7) is 3.90. The van der Waals surface area contributed by atoms with E-state index in [0.29, 0.717) is 30.3 Å². The molecule has 0 heterocycles. The van der Waals surface area contributed by atoms with Gasteiger partial charge in [-0.2, -0.15) is 0 Å². The number of carboxylic acid groups (broad SMARTS) is 1. The predicted octanol–water partition coefficient (Wildman–Crippen LogP) is 3.99. The first kappa shape index (κ1) is 20.5. The number of carboxylic acids is 1. The van der Waals surface area contributed by atoms with Crippen LogP contribution in [-0.4, -0.2) is 23.6 Å². The predicted molar refractivity (Wildman–Crippen MR) is 106 cm³/mol. The van der Waals surface area contributed by atoms with Crippen LogP contribution in [0.1, 0.15) is 25.0 Å². The quantitative estimate of drug-likeness (QED) is 0.614. The second-order valence-electron chi connectivity index (χ2n) is 5.60. The smallest absolute Gasteiger partial charge is 0.352 e. The fourth-order valence-electron chi connectivity index (χ4n) is 2.25. The highest BCUT2D eigenvalue weighted by molar-refractivity contribution is 9.10. The normalized spacial score (nSPS) is 11.0. The largest absolute Gasteiger partial charge is 0.490 e. The number of rotatable bonds is 8. The third-order valence-corrected chi connectivity index (χ3v) is 3.96. The SMILES string of the molecule is CCOc1cc(C=C(NC(C)=O)C(=O)O)ccc1OCc1ccc(Br)cc1. The molecule has 0 atom stereocenters. The summed E-state index contributed by atoms with van der Waals surface area (Å²) in [5, 5.41) is 11.5. The van der Waals surface area contributed by atoms with Crippen LogP contribution in [0.25, 0.3) is 6.08 Å². The van der Waals surface area contributed by atoms with Gasteiger partial charge < -0.3 is 19.9 Å². The molecule has 0 radical (unpaired) electrons. The van der Waals surface area contributed by atoms with Gasteiger partial charge in [0.05, 0.1) is 6.61 Å². The molecule has 0 saturated heterocycles. The maximum absolute atomic E-state index is 11.3. The first-order valence-electron chi connectivity index (χ1n) is 8.25. The molecular weight excluding hydrogens is 414 g/mol. The number of amides is 1. The van der Waals surface area contributed by atoms with E-state index >= 15 is 0 Å². The third kappa shape index (κ3) is 6.45. The van der Waals surface area contributed by atoms with Crippen molar-refractivity contribution in [2.45, 2.75) is 20.5 Å². The monoisotopic (exact) mass is 433 g/mol. The van der Waals surface area contributed by atoms with Crippen molar-refractivity contribution in [1.82, 2.24) is 5.32 Å². The van der Waals surface area contributed by atoms with Gasteiger partial charge in [0.25, 0.3) is 0 Å². The first-order valence-corrected chi connectivity index (χ1v) is 9.05. The Morgan fingerprint density at radius 2 is 1.81 bits per heavy atom. The summed E-state index contributed by atoms with van der Waals surface area (Å²) in [4.78, 5) is 22.4. The van der Waals surface area contributed by atoms with Crippen LogP contribution in [0.5, 0.6) is 11.5 Å². The van der Waals surface area contributed by atoms with Gasteiger partial charge in [0.1, 0.15) is 12.3 Å². The Morgan fingerprint density at radius 1 is 1.11 bits per heavy atom. The molecule has 0 spiro atoms. The number of hydrogen-bond acceptors (Lipinski definition) is 4. The van der Waals surface area contributed by atoms with Crippen molar-refractivity contribution in [1.29, 1.82) is 0 Å². The highest BCUT2D eigenvalue weighted by atomic mass is 79.9. The summed E-state index contributed by atoms with van der Waals surface area (Å²) in [5.74, 6) is -0.633. The van der Waals surface area contributed by atoms with Gasteiger partial charge in [-0.3, -0.25) is 4.79 Å². The lowest BCUT2D eigenvalue weighted by molar-refractivity contribution is -0.134. The number of carbonyl (C=O) groups excluding carboxylic acids is 1. The van der Waals surface area contributed by atoms with Crippen molar-refractivity contribution < 1.29 is 24.2 Å². The number of hydrogen-bond donors (Lipinski definition) is 2. The molecule has 2 rings (SSSR count). The molecule has 0 aliphatic carbocycles. The fraction of sp³-hybridized carbons (Fsp3) is 0.200. The Bertz CT molecular complexity index is 846. The number of halogens is 1. The number of aliphatic carboxylic acids is 1. The molecule has 0 aromatic heterocycles. The number of nitrogens with one attached hydrogen (secondary N) is 1. The summed E-state index contributed by atoms with van der Waals surface area (Å²) in [7, 11) is 0. The lowest BCUT2D eigenvalue weighted by Crippen LogP contribution is -2.24. The van der Waals surface area contributed by atoms with E-state index in [9.17, 15) is 14.7 Å². The van der Waals surface area contributed by atoms with Crippen LogP contribution in [0.2, 0.25) is 0 Å². The zero-order valence-corrected chi connectivity index (χ0v) is 16.6. The van der Waals surface area contributed by atoms with Gasteiger partial charge in [0.2, 0.25) is 5.91 Å². The summed E-state index contributed by atoms with van der Waals surface area (Å²) in [6.07, 6.45) is 1.37. The van der Waals surface area contributed by atoms with E-state index in [2.05, 4.69) is 21.2 Å². The summed E-state index contributed by atoms with van der Waals surface area (Å²) < 4.78 is 12.4. The minimum atomic E-state index is -1.22. The zero-order chi connectivity index (χ0) is 19.8. The van der Waals surface area contributed by atoms with Crippen LogP contribution in [0, 0.1) is 0 Å². The molecule has 27 heavy (non-hydrogen) atoms. The average Bonchev–Trinajstić information content (AvgIpc) is 2.61. The summed E-state index contributed by atoms with van der Waals surface area (Å²) >= 11 is 3.39. The molecule has 2 aromatic carbocycles. The molecule has 0 unspecified atom stereocenters. The van der Waals surface area contributed by atoms with Gasteiger partial charge in [-0.1, -0.05) is 34.1 Å². The van der Waals surface area contributed by atoms with Crippen LogP contribution in [-0.2, 0) is 16.2 Å². The molecule has 2 aromatic rings. The first-order chi connectivity index (χ1) is 12.9. The molecular formula is C20H20BrNO5. The van der Waals surface area contributed by atoms with E-state index in [-0.39, 0.29) is 5.70 Å². The van der Waals surface area contributed by atoms with Crippen molar-refractivity contribution in [3.05, 3.63) is 63.8 Å². The van der Waals surface area contributed by atoms with Crippen LogP contribution in [0.15, 0.2) is 52.6 Å². The summed E-state index contributed by atoms with van der Waals surface area (Å²) in [6, 6.07) is 12.9. The molecule has 0 aliphatic heterocycles. The molecule has 142 valence electrons. The van der Waals surface area contributed by atoms with E-state index in [4.69, 9.17) is 9.47 Å². The fourth-order valence-corrected chi connectivity index (χ4v) is 2.52. The lowest BCUT2D eigenvalue weighted by Gasteiger charge is -2.13. The van der Waals surface area contributed by atoms with Crippen LogP contribution in [0.4, 0.5) is 0 Å². The second kappa shape index (κ2) is 9.78. The minimum absolute atomic E-state index is 0.214. The molecule has 7 heteroatoms. The Labute approximate surface area is 165 Å². The lowest BCUT2D eigenvalue weighted by atomic mass is 10.1. The third-order valence-electron chi connectivity index (χ3n) is 3.43. The maximum Gasteiger partial charge on any atom is 0.352 e. The minimum Gasteiger partial charge on any atom is -0.490 e. The average molecular weight is 434 g/mol.